The first-order valence-electron chi connectivity index (χ1n) is 6.75. The van der Waals surface area contributed by atoms with Crippen molar-refractivity contribution in [2.45, 2.75) is 0 Å². The lowest BCUT2D eigenvalue weighted by molar-refractivity contribution is -0.385. The molecule has 6 nitrogen and oxygen atoms in total. The van der Waals surface area contributed by atoms with Crippen LogP contribution in [-0.4, -0.2) is 25.2 Å². The standard InChI is InChI=1S/C15H13F2IN2O4/c1-23-7-8-24-14-4-2-3-13(15(14)20(21)22)19(17)12-6-5-10(18)9-11(12)16/h2-6,9H,7-8H2,1H3. The molecule has 0 unspecified atom stereocenters. The smallest absolute Gasteiger partial charge is 0.337 e. The second kappa shape index (κ2) is 8.20. The number of benzene rings is 2. The van der Waals surface area contributed by atoms with Crippen LogP contribution in [-0.2, 0) is 4.74 Å². The number of halogens is 3. The Labute approximate surface area is 150 Å². The molecule has 24 heavy (non-hydrogen) atoms. The van der Waals surface area contributed by atoms with E-state index >= 15 is 0 Å². The minimum absolute atomic E-state index is 0.0605. The molecular formula is C15H13F2IN2O4. The summed E-state index contributed by atoms with van der Waals surface area (Å²) >= 11 is 1.88. The van der Waals surface area contributed by atoms with Gasteiger partial charge in [-0.05, 0) is 52.9 Å². The fourth-order valence-corrected chi connectivity index (χ4v) is 2.43. The van der Waals surface area contributed by atoms with Crippen molar-refractivity contribution in [1.29, 1.82) is 0 Å². The lowest BCUT2D eigenvalue weighted by Gasteiger charge is -2.16. The van der Waals surface area contributed by atoms with Crippen LogP contribution < -0.4 is 9.86 Å². The number of para-hydroxylation sites is 1. The fraction of sp³-hybridized carbons (Fsp3) is 0.200. The lowest BCUT2D eigenvalue weighted by Crippen LogP contribution is -2.11. The van der Waals surface area contributed by atoms with E-state index in [-0.39, 0.29) is 24.1 Å². The second-order valence-corrected chi connectivity index (χ2v) is 5.84. The van der Waals surface area contributed by atoms with Gasteiger partial charge in [-0.15, -0.1) is 0 Å². The van der Waals surface area contributed by atoms with E-state index < -0.39 is 27.8 Å². The number of anilines is 2. The molecule has 128 valence electrons. The SMILES string of the molecule is COCCOc1cccc(N(F)c2ccc(I)cc2F)c1[N+](=O)[O-]. The first kappa shape index (κ1) is 18.3. The molecule has 0 saturated heterocycles. The van der Waals surface area contributed by atoms with Gasteiger partial charge in [0.25, 0.3) is 0 Å². The Morgan fingerprint density at radius 3 is 2.62 bits per heavy atom. The van der Waals surface area contributed by atoms with Gasteiger partial charge in [-0.3, -0.25) is 10.1 Å². The summed E-state index contributed by atoms with van der Waals surface area (Å²) < 4.78 is 39.3. The quantitative estimate of drug-likeness (QED) is 0.206. The zero-order valence-electron chi connectivity index (χ0n) is 12.5. The van der Waals surface area contributed by atoms with Gasteiger partial charge in [-0.1, -0.05) is 10.5 Å². The van der Waals surface area contributed by atoms with Crippen LogP contribution in [0.15, 0.2) is 36.4 Å². The first-order chi connectivity index (χ1) is 11.5. The largest absolute Gasteiger partial charge is 0.484 e. The highest BCUT2D eigenvalue weighted by molar-refractivity contribution is 14.1. The summed E-state index contributed by atoms with van der Waals surface area (Å²) in [5, 5.41) is 11.3. The maximum Gasteiger partial charge on any atom is 0.337 e. The van der Waals surface area contributed by atoms with Crippen molar-refractivity contribution in [3.8, 4) is 5.75 Å². The van der Waals surface area contributed by atoms with Crippen molar-refractivity contribution in [1.82, 2.24) is 0 Å². The number of nitro benzene ring substituents is 1. The topological polar surface area (TPSA) is 64.8 Å². The summed E-state index contributed by atoms with van der Waals surface area (Å²) in [6.45, 7) is 0.275. The number of rotatable bonds is 7. The summed E-state index contributed by atoms with van der Waals surface area (Å²) in [6.07, 6.45) is 0. The number of nitro groups is 1. The maximum atomic E-state index is 14.7. The third-order valence-electron chi connectivity index (χ3n) is 3.04. The van der Waals surface area contributed by atoms with E-state index in [9.17, 15) is 19.0 Å². The highest BCUT2D eigenvalue weighted by Crippen LogP contribution is 2.41. The predicted molar refractivity (Wildman–Crippen MR) is 92.8 cm³/mol. The normalized spacial score (nSPS) is 10.5. The van der Waals surface area contributed by atoms with Crippen LogP contribution in [0.1, 0.15) is 0 Å². The molecule has 0 bridgehead atoms. The van der Waals surface area contributed by atoms with Gasteiger partial charge in [0, 0.05) is 10.7 Å². The van der Waals surface area contributed by atoms with E-state index in [4.69, 9.17) is 9.47 Å². The van der Waals surface area contributed by atoms with Gasteiger partial charge in [-0.25, -0.2) is 4.39 Å². The Bertz CT molecular complexity index is 745. The molecule has 0 radical (unpaired) electrons. The van der Waals surface area contributed by atoms with E-state index in [0.717, 1.165) is 6.07 Å². The van der Waals surface area contributed by atoms with Crippen LogP contribution in [0, 0.1) is 19.5 Å². The van der Waals surface area contributed by atoms with E-state index in [1.165, 1.54) is 37.4 Å². The predicted octanol–water partition coefficient (Wildman–Crippen LogP) is 4.39. The molecule has 0 aliphatic heterocycles. The molecule has 2 aromatic carbocycles. The number of nitrogens with zero attached hydrogens (tertiary/aromatic N) is 2. The molecule has 0 aliphatic carbocycles. The Balaban J connectivity index is 2.44. The van der Waals surface area contributed by atoms with Crippen molar-refractivity contribution in [2.24, 2.45) is 0 Å². The summed E-state index contributed by atoms with van der Waals surface area (Å²) in [7, 11) is 1.46. The Morgan fingerprint density at radius 1 is 1.25 bits per heavy atom. The van der Waals surface area contributed by atoms with Crippen LogP contribution in [0.3, 0.4) is 0 Å². The maximum absolute atomic E-state index is 14.7. The van der Waals surface area contributed by atoms with Gasteiger partial charge in [0.2, 0.25) is 0 Å². The Kier molecular flexibility index (Phi) is 6.26. The molecule has 0 spiro atoms. The van der Waals surface area contributed by atoms with Crippen LogP contribution in [0.2, 0.25) is 0 Å². The van der Waals surface area contributed by atoms with E-state index in [0.29, 0.717) is 3.57 Å². The number of hydrogen-bond acceptors (Lipinski definition) is 5. The average Bonchev–Trinajstić information content (AvgIpc) is 2.54. The van der Waals surface area contributed by atoms with Crippen LogP contribution in [0.25, 0.3) is 0 Å². The van der Waals surface area contributed by atoms with Crippen molar-refractivity contribution >= 4 is 39.7 Å². The molecule has 2 aromatic rings. The van der Waals surface area contributed by atoms with Crippen LogP contribution in [0.4, 0.5) is 25.9 Å². The minimum Gasteiger partial charge on any atom is -0.484 e. The monoisotopic (exact) mass is 450 g/mol. The molecule has 9 heteroatoms. The van der Waals surface area contributed by atoms with Crippen LogP contribution in [0.5, 0.6) is 5.75 Å². The van der Waals surface area contributed by atoms with Gasteiger partial charge in [-0.2, -0.15) is 5.12 Å². The van der Waals surface area contributed by atoms with Crippen molar-refractivity contribution in [2.75, 3.05) is 25.4 Å². The Morgan fingerprint density at radius 2 is 2.00 bits per heavy atom. The molecule has 0 amide bonds. The molecular weight excluding hydrogens is 437 g/mol. The van der Waals surface area contributed by atoms with Crippen molar-refractivity contribution in [3.63, 3.8) is 0 Å². The van der Waals surface area contributed by atoms with Gasteiger partial charge in [0.05, 0.1) is 11.5 Å². The molecule has 2 rings (SSSR count). The number of ether oxygens (including phenoxy) is 2. The zero-order chi connectivity index (χ0) is 17.7. The summed E-state index contributed by atoms with van der Waals surface area (Å²) in [4.78, 5) is 10.6. The number of methoxy groups -OCH3 is 1. The summed E-state index contributed by atoms with van der Waals surface area (Å²) in [5.41, 5.74) is -1.43. The van der Waals surface area contributed by atoms with Crippen molar-refractivity contribution < 1.29 is 23.3 Å². The van der Waals surface area contributed by atoms with E-state index in [1.54, 1.807) is 0 Å². The highest BCUT2D eigenvalue weighted by atomic mass is 127. The van der Waals surface area contributed by atoms with E-state index in [1.807, 2.05) is 22.6 Å². The van der Waals surface area contributed by atoms with Gasteiger partial charge < -0.3 is 9.47 Å². The summed E-state index contributed by atoms with van der Waals surface area (Å²) in [6, 6.07) is 7.75. The second-order valence-electron chi connectivity index (χ2n) is 4.60. The average molecular weight is 450 g/mol. The van der Waals surface area contributed by atoms with Crippen molar-refractivity contribution in [3.05, 3.63) is 55.9 Å². The van der Waals surface area contributed by atoms with Gasteiger partial charge >= 0.3 is 5.69 Å². The number of hydrogen-bond donors (Lipinski definition) is 0. The zero-order valence-corrected chi connectivity index (χ0v) is 14.7. The molecule has 0 fully saturated rings. The molecule has 0 N–H and O–H groups in total. The third kappa shape index (κ3) is 4.09. The van der Waals surface area contributed by atoms with E-state index in [2.05, 4.69) is 0 Å². The Hall–Kier alpha value is -2.01. The fourth-order valence-electron chi connectivity index (χ4n) is 1.97. The third-order valence-corrected chi connectivity index (χ3v) is 3.71. The molecule has 0 saturated carbocycles. The minimum atomic E-state index is -0.829. The summed E-state index contributed by atoms with van der Waals surface area (Å²) in [5.74, 6) is -0.951. The lowest BCUT2D eigenvalue weighted by atomic mass is 10.2. The molecule has 0 aliphatic rings. The van der Waals surface area contributed by atoms with Crippen LogP contribution >= 0.6 is 22.6 Å². The molecule has 0 heterocycles. The first-order valence-corrected chi connectivity index (χ1v) is 7.83. The molecule has 0 aromatic heterocycles. The highest BCUT2D eigenvalue weighted by Gasteiger charge is 2.27. The van der Waals surface area contributed by atoms with Gasteiger partial charge in [0.1, 0.15) is 12.3 Å². The van der Waals surface area contributed by atoms with Gasteiger partial charge in [0.15, 0.2) is 17.3 Å². The molecule has 0 atom stereocenters.